The summed E-state index contributed by atoms with van der Waals surface area (Å²) in [5.74, 6) is -1.92. The molecule has 5 rings (SSSR count). The molecule has 3 heterocycles. The standard InChI is InChI=1S/C33H45N5O8S/c1-5-22-18-33(22,30(41)37-47(43,44)24-12-13-24)36-28(39)25-17-23-20-38(25)29(40)27(32(2,3)4)35-31(42)45-16-10-8-6-7-9-11-21-19-34-15-14-26(21)46-23/h5,9,11,14-15,19,22-25,27H,1,6-8,10,12-13,16-18,20H2,2-4H3,(H,35,42)(H,36,39)(H,37,41)/b11-9+/t22-,23-,25+,27-,33-/m1/s1. The molecule has 2 bridgehead atoms. The molecule has 1 aromatic heterocycles. The SMILES string of the molecule is C=C[C@@H]1C[C@]1(NC(=O)[C@@H]1C[C@@H]2CN1C(=O)[C@H](C(C)(C)C)NC(=O)OCCCCC/C=C/c1cnccc1O2)C(=O)NS(=O)(=O)C1CC1. The summed E-state index contributed by atoms with van der Waals surface area (Å²) in [6.45, 7) is 9.37. The Balaban J connectivity index is 1.44. The van der Waals surface area contributed by atoms with Crippen molar-refractivity contribution in [3.63, 3.8) is 0 Å². The van der Waals surface area contributed by atoms with Gasteiger partial charge in [0.1, 0.15) is 29.5 Å². The third-order valence-corrected chi connectivity index (χ3v) is 10.9. The Kier molecular flexibility index (Phi) is 9.99. The van der Waals surface area contributed by atoms with Gasteiger partial charge in [-0.2, -0.15) is 0 Å². The number of fused-ring (bicyclic) bond motifs is 3. The number of hydrogen-bond acceptors (Lipinski definition) is 9. The fourth-order valence-electron chi connectivity index (χ4n) is 6.09. The lowest BCUT2D eigenvalue weighted by atomic mass is 9.85. The molecule has 4 amide bonds. The number of hydrogen-bond donors (Lipinski definition) is 3. The number of pyridine rings is 1. The van der Waals surface area contributed by atoms with Crippen LogP contribution >= 0.6 is 0 Å². The quantitative estimate of drug-likeness (QED) is 0.385. The van der Waals surface area contributed by atoms with Crippen molar-refractivity contribution in [3.8, 4) is 5.75 Å². The zero-order chi connectivity index (χ0) is 34.0. The summed E-state index contributed by atoms with van der Waals surface area (Å²) >= 11 is 0. The molecule has 0 aromatic carbocycles. The number of alkyl carbamates (subject to hydrolysis) is 1. The Labute approximate surface area is 276 Å². The number of nitrogens with zero attached hydrogens (tertiary/aromatic N) is 2. The molecule has 2 aliphatic heterocycles. The zero-order valence-electron chi connectivity index (χ0n) is 27.2. The van der Waals surface area contributed by atoms with Crippen LogP contribution in [-0.2, 0) is 29.1 Å². The number of amides is 4. The van der Waals surface area contributed by atoms with Crippen molar-refractivity contribution in [1.82, 2.24) is 25.2 Å². The number of aromatic nitrogens is 1. The van der Waals surface area contributed by atoms with Crippen LogP contribution in [0, 0.1) is 11.3 Å². The summed E-state index contributed by atoms with van der Waals surface area (Å²) < 4.78 is 39.1. The van der Waals surface area contributed by atoms with Gasteiger partial charge in [-0.1, -0.05) is 39.0 Å². The Morgan fingerprint density at radius 1 is 1.19 bits per heavy atom. The maximum atomic E-state index is 14.3. The van der Waals surface area contributed by atoms with Crippen molar-refractivity contribution in [1.29, 1.82) is 0 Å². The van der Waals surface area contributed by atoms with E-state index in [-0.39, 0.29) is 26.0 Å². The van der Waals surface area contributed by atoms with Crippen LogP contribution in [0.25, 0.3) is 6.08 Å². The number of cyclic esters (lactones) is 1. The Hall–Kier alpha value is -3.94. The fraction of sp³-hybridized carbons (Fsp3) is 0.606. The average Bonchev–Trinajstić information content (AvgIpc) is 3.93. The smallest absolute Gasteiger partial charge is 0.407 e. The molecule has 13 nitrogen and oxygen atoms in total. The van der Waals surface area contributed by atoms with E-state index in [1.165, 1.54) is 11.0 Å². The van der Waals surface area contributed by atoms with E-state index >= 15 is 0 Å². The van der Waals surface area contributed by atoms with Gasteiger partial charge in [-0.25, -0.2) is 13.2 Å². The number of carbonyl (C=O) groups is 4. The highest BCUT2D eigenvalue weighted by Gasteiger charge is 2.62. The molecule has 0 spiro atoms. The minimum atomic E-state index is -3.87. The highest BCUT2D eigenvalue weighted by molar-refractivity contribution is 7.91. The van der Waals surface area contributed by atoms with Gasteiger partial charge in [-0.05, 0) is 56.4 Å². The van der Waals surface area contributed by atoms with Gasteiger partial charge in [0, 0.05) is 30.3 Å². The van der Waals surface area contributed by atoms with E-state index in [9.17, 15) is 27.6 Å². The molecule has 3 N–H and O–H groups in total. The van der Waals surface area contributed by atoms with Gasteiger partial charge in [0.05, 0.1) is 18.4 Å². The van der Waals surface area contributed by atoms with Crippen molar-refractivity contribution in [2.24, 2.45) is 11.3 Å². The van der Waals surface area contributed by atoms with Crippen LogP contribution in [0.1, 0.15) is 77.7 Å². The van der Waals surface area contributed by atoms with Gasteiger partial charge >= 0.3 is 6.09 Å². The number of sulfonamides is 1. The predicted molar refractivity (Wildman–Crippen MR) is 173 cm³/mol. The van der Waals surface area contributed by atoms with Gasteiger partial charge in [0.15, 0.2) is 0 Å². The summed E-state index contributed by atoms with van der Waals surface area (Å²) in [7, 11) is -3.87. The summed E-state index contributed by atoms with van der Waals surface area (Å²) in [6.07, 6.45) is 11.8. The lowest BCUT2D eigenvalue weighted by Gasteiger charge is -2.35. The highest BCUT2D eigenvalue weighted by atomic mass is 32.2. The molecule has 2 saturated carbocycles. The fourth-order valence-corrected chi connectivity index (χ4v) is 7.45. The van der Waals surface area contributed by atoms with Gasteiger partial charge in [-0.15, -0.1) is 6.58 Å². The molecule has 4 aliphatic rings. The van der Waals surface area contributed by atoms with E-state index in [1.54, 1.807) is 39.2 Å². The van der Waals surface area contributed by atoms with Gasteiger partial charge < -0.3 is 25.0 Å². The predicted octanol–water partition coefficient (Wildman–Crippen LogP) is 2.83. The molecule has 256 valence electrons. The highest BCUT2D eigenvalue weighted by Crippen LogP contribution is 2.45. The molecule has 1 saturated heterocycles. The van der Waals surface area contributed by atoms with Crippen molar-refractivity contribution >= 4 is 39.9 Å². The van der Waals surface area contributed by atoms with E-state index in [2.05, 4.69) is 26.9 Å². The van der Waals surface area contributed by atoms with Crippen LogP contribution in [0.5, 0.6) is 5.75 Å². The third kappa shape index (κ3) is 7.96. The molecular weight excluding hydrogens is 626 g/mol. The number of rotatable bonds is 6. The Morgan fingerprint density at radius 3 is 2.64 bits per heavy atom. The van der Waals surface area contributed by atoms with Gasteiger partial charge in [0.2, 0.25) is 21.8 Å². The summed E-state index contributed by atoms with van der Waals surface area (Å²) in [6, 6.07) is -0.412. The molecule has 0 radical (unpaired) electrons. The molecule has 14 heteroatoms. The number of nitrogens with one attached hydrogen (secondary N) is 3. The van der Waals surface area contributed by atoms with Crippen molar-refractivity contribution in [2.75, 3.05) is 13.2 Å². The van der Waals surface area contributed by atoms with Crippen LogP contribution in [0.15, 0.2) is 37.2 Å². The molecular formula is C33H45N5O8S. The van der Waals surface area contributed by atoms with Crippen LogP contribution in [-0.4, -0.2) is 84.2 Å². The second-order valence-corrected chi connectivity index (χ2v) is 15.9. The minimum Gasteiger partial charge on any atom is -0.488 e. The second kappa shape index (κ2) is 13.7. The second-order valence-electron chi connectivity index (χ2n) is 13.9. The van der Waals surface area contributed by atoms with Crippen molar-refractivity contribution < 1.29 is 37.1 Å². The van der Waals surface area contributed by atoms with E-state index in [0.717, 1.165) is 24.8 Å². The van der Waals surface area contributed by atoms with E-state index < -0.39 is 74.1 Å². The van der Waals surface area contributed by atoms with Crippen molar-refractivity contribution in [3.05, 3.63) is 42.8 Å². The Morgan fingerprint density at radius 2 is 1.96 bits per heavy atom. The first-order valence-corrected chi connectivity index (χ1v) is 17.8. The molecule has 47 heavy (non-hydrogen) atoms. The third-order valence-electron chi connectivity index (χ3n) is 9.12. The summed E-state index contributed by atoms with van der Waals surface area (Å²) in [5.41, 5.74) is -1.53. The molecule has 1 aromatic rings. The lowest BCUT2D eigenvalue weighted by molar-refractivity contribution is -0.142. The first-order valence-electron chi connectivity index (χ1n) is 16.3. The number of carbonyl (C=O) groups excluding carboxylic acids is 4. The topological polar surface area (TPSA) is 173 Å². The van der Waals surface area contributed by atoms with E-state index in [1.807, 2.05) is 12.2 Å². The van der Waals surface area contributed by atoms with Crippen molar-refractivity contribution in [2.45, 2.75) is 101 Å². The summed E-state index contributed by atoms with van der Waals surface area (Å²) in [5, 5.41) is 4.88. The van der Waals surface area contributed by atoms with Crippen LogP contribution in [0.3, 0.4) is 0 Å². The molecule has 5 atom stereocenters. The Bertz CT molecular complexity index is 1540. The zero-order valence-corrected chi connectivity index (χ0v) is 28.0. The maximum absolute atomic E-state index is 14.3. The van der Waals surface area contributed by atoms with Crippen LogP contribution in [0.4, 0.5) is 4.79 Å². The van der Waals surface area contributed by atoms with E-state index in [4.69, 9.17) is 9.47 Å². The first-order chi connectivity index (χ1) is 22.2. The number of allylic oxidation sites excluding steroid dienone is 1. The number of ether oxygens (including phenoxy) is 2. The first kappa shape index (κ1) is 34.4. The van der Waals surface area contributed by atoms with Gasteiger partial charge in [0.25, 0.3) is 5.91 Å². The molecule has 2 aliphatic carbocycles. The summed E-state index contributed by atoms with van der Waals surface area (Å²) in [4.78, 5) is 60.1. The molecule has 0 unspecified atom stereocenters. The van der Waals surface area contributed by atoms with Crippen LogP contribution < -0.4 is 20.1 Å². The normalized spacial score (nSPS) is 29.5. The monoisotopic (exact) mass is 671 g/mol. The molecule has 3 fully saturated rings. The minimum absolute atomic E-state index is 0.0197. The van der Waals surface area contributed by atoms with Gasteiger partial charge in [-0.3, -0.25) is 24.1 Å². The maximum Gasteiger partial charge on any atom is 0.407 e. The average molecular weight is 672 g/mol. The largest absolute Gasteiger partial charge is 0.488 e. The lowest BCUT2D eigenvalue weighted by Crippen LogP contribution is -2.60. The van der Waals surface area contributed by atoms with E-state index in [0.29, 0.717) is 25.0 Å². The van der Waals surface area contributed by atoms with Crippen LogP contribution in [0.2, 0.25) is 0 Å².